The summed E-state index contributed by atoms with van der Waals surface area (Å²) in [6.45, 7) is 0. The number of amides is 2. The summed E-state index contributed by atoms with van der Waals surface area (Å²) in [6.07, 6.45) is -0.908. The fourth-order valence-electron chi connectivity index (χ4n) is 2.14. The highest BCUT2D eigenvalue weighted by molar-refractivity contribution is 8.00. The standard InChI is InChI=1S/C10H16N2O3S/c13-8(14)4-2-1-3-7-9-6(5-16-7)11-10(15)12-9/h6-7,9H,1-5H2,(H,13,14)(H2,11,12,15)/t6-,7-,9-/m0/s1/i4D2. The molecule has 2 fully saturated rings. The zero-order valence-electron chi connectivity index (χ0n) is 10.7. The lowest BCUT2D eigenvalue weighted by Crippen LogP contribution is -2.36. The van der Waals surface area contributed by atoms with E-state index in [1.165, 1.54) is 0 Å². The highest BCUT2D eigenvalue weighted by Gasteiger charge is 2.42. The molecule has 6 heteroatoms. The number of carbonyl (C=O) groups excluding carboxylic acids is 1. The van der Waals surface area contributed by atoms with E-state index in [-0.39, 0.29) is 29.8 Å². The number of aliphatic carboxylic acids is 1. The Balaban J connectivity index is 1.78. The highest BCUT2D eigenvalue weighted by Crippen LogP contribution is 2.33. The van der Waals surface area contributed by atoms with Crippen LogP contribution < -0.4 is 10.6 Å². The van der Waals surface area contributed by atoms with E-state index in [2.05, 4.69) is 10.6 Å². The molecule has 5 nitrogen and oxygen atoms in total. The zero-order valence-corrected chi connectivity index (χ0v) is 9.55. The molecule has 2 heterocycles. The van der Waals surface area contributed by atoms with Gasteiger partial charge in [-0.15, -0.1) is 0 Å². The van der Waals surface area contributed by atoms with Crippen LogP contribution in [0.15, 0.2) is 0 Å². The van der Waals surface area contributed by atoms with Gasteiger partial charge in [0.1, 0.15) is 0 Å². The Morgan fingerprint density at radius 2 is 2.38 bits per heavy atom. The van der Waals surface area contributed by atoms with Crippen LogP contribution in [-0.4, -0.2) is 40.2 Å². The summed E-state index contributed by atoms with van der Waals surface area (Å²) in [5, 5.41) is 14.6. The summed E-state index contributed by atoms with van der Waals surface area (Å²) < 4.78 is 14.6. The first kappa shape index (κ1) is 9.15. The lowest BCUT2D eigenvalue weighted by molar-refractivity contribution is -0.137. The molecule has 2 aliphatic rings. The van der Waals surface area contributed by atoms with Gasteiger partial charge in [0.15, 0.2) is 0 Å². The fourth-order valence-corrected chi connectivity index (χ4v) is 3.69. The van der Waals surface area contributed by atoms with Crippen molar-refractivity contribution in [3.63, 3.8) is 0 Å². The van der Waals surface area contributed by atoms with E-state index in [1.54, 1.807) is 11.8 Å². The Morgan fingerprint density at radius 1 is 1.56 bits per heavy atom. The van der Waals surface area contributed by atoms with E-state index in [4.69, 9.17) is 7.85 Å². The van der Waals surface area contributed by atoms with Gasteiger partial charge in [-0.3, -0.25) is 4.79 Å². The zero-order chi connectivity index (χ0) is 13.3. The molecule has 90 valence electrons. The van der Waals surface area contributed by atoms with Crippen molar-refractivity contribution in [1.29, 1.82) is 0 Å². The molecule has 0 aromatic carbocycles. The molecule has 0 aromatic rings. The Labute approximate surface area is 101 Å². The number of hydrogen-bond acceptors (Lipinski definition) is 3. The van der Waals surface area contributed by atoms with Gasteiger partial charge in [-0.1, -0.05) is 6.42 Å². The van der Waals surface area contributed by atoms with Gasteiger partial charge >= 0.3 is 12.0 Å². The van der Waals surface area contributed by atoms with Crippen molar-refractivity contribution < 1.29 is 17.4 Å². The number of rotatable bonds is 5. The van der Waals surface area contributed by atoms with E-state index >= 15 is 0 Å². The van der Waals surface area contributed by atoms with E-state index in [9.17, 15) is 9.59 Å². The van der Waals surface area contributed by atoms with Crippen LogP contribution in [-0.2, 0) is 4.79 Å². The lowest BCUT2D eigenvalue weighted by atomic mass is 10.0. The molecule has 0 radical (unpaired) electrons. The van der Waals surface area contributed by atoms with Gasteiger partial charge in [-0.2, -0.15) is 11.8 Å². The van der Waals surface area contributed by atoms with Crippen molar-refractivity contribution in [2.75, 3.05) is 5.75 Å². The first-order valence-corrected chi connectivity index (χ1v) is 6.37. The molecule has 0 saturated carbocycles. The molecule has 0 aromatic heterocycles. The number of hydrogen-bond donors (Lipinski definition) is 3. The number of carboxylic acids is 1. The van der Waals surface area contributed by atoms with Crippen LogP contribution in [0.25, 0.3) is 0 Å². The van der Waals surface area contributed by atoms with Gasteiger partial charge in [-0.25, -0.2) is 4.79 Å². The molecule has 2 rings (SSSR count). The molecule has 3 N–H and O–H groups in total. The number of carboxylic acid groups (broad SMARTS) is 1. The topological polar surface area (TPSA) is 78.4 Å². The molecule has 2 amide bonds. The molecular formula is C10H16N2O3S. The molecule has 0 unspecified atom stereocenters. The fraction of sp³-hybridized carbons (Fsp3) is 0.800. The minimum Gasteiger partial charge on any atom is -0.481 e. The summed E-state index contributed by atoms with van der Waals surface area (Å²) in [4.78, 5) is 21.8. The van der Waals surface area contributed by atoms with Crippen LogP contribution in [0.5, 0.6) is 0 Å². The van der Waals surface area contributed by atoms with Crippen LogP contribution >= 0.6 is 11.8 Å². The summed E-state index contributed by atoms with van der Waals surface area (Å²) in [5.74, 6) is -0.546. The third-order valence-corrected chi connectivity index (χ3v) is 4.39. The molecule has 0 spiro atoms. The van der Waals surface area contributed by atoms with Gasteiger partial charge in [0.25, 0.3) is 0 Å². The number of carbonyl (C=O) groups is 2. The van der Waals surface area contributed by atoms with Gasteiger partial charge in [-0.05, 0) is 12.8 Å². The molecule has 3 atom stereocenters. The van der Waals surface area contributed by atoms with E-state index in [0.29, 0.717) is 6.42 Å². The second kappa shape index (κ2) is 4.95. The third-order valence-electron chi connectivity index (χ3n) is 2.88. The van der Waals surface area contributed by atoms with Crippen molar-refractivity contribution in [1.82, 2.24) is 10.6 Å². The maximum atomic E-state index is 11.2. The predicted octanol–water partition coefficient (Wildman–Crippen LogP) is 0.797. The Morgan fingerprint density at radius 3 is 3.12 bits per heavy atom. The Hall–Kier alpha value is -0.910. The van der Waals surface area contributed by atoms with Crippen molar-refractivity contribution in [3.8, 4) is 0 Å². The summed E-state index contributed by atoms with van der Waals surface area (Å²) in [5.41, 5.74) is 0. The van der Waals surface area contributed by atoms with E-state index in [1.807, 2.05) is 0 Å². The molecule has 2 saturated heterocycles. The first-order chi connectivity index (χ1) is 8.40. The summed E-state index contributed by atoms with van der Waals surface area (Å²) >= 11 is 1.75. The SMILES string of the molecule is [2H]C([2H])(CCC[C@@H]1SC[C@@H]2NC(=O)N[C@@H]21)C(=O)O. The second-order valence-corrected chi connectivity index (χ2v) is 5.27. The maximum absolute atomic E-state index is 11.2. The average molecular weight is 246 g/mol. The van der Waals surface area contributed by atoms with E-state index < -0.39 is 12.3 Å². The number of fused-ring (bicyclic) bond motifs is 1. The van der Waals surface area contributed by atoms with Gasteiger partial charge < -0.3 is 15.7 Å². The first-order valence-electron chi connectivity index (χ1n) is 6.32. The smallest absolute Gasteiger partial charge is 0.315 e. The van der Waals surface area contributed by atoms with Crippen molar-refractivity contribution in [3.05, 3.63) is 0 Å². The quantitative estimate of drug-likeness (QED) is 0.627. The number of urea groups is 1. The largest absolute Gasteiger partial charge is 0.481 e. The summed E-state index contributed by atoms with van der Waals surface area (Å²) in [7, 11) is 0. The van der Waals surface area contributed by atoms with Crippen LogP contribution in [0.1, 0.15) is 28.4 Å². The Kier molecular flexibility index (Phi) is 2.83. The Bertz CT molecular complexity index is 367. The van der Waals surface area contributed by atoms with Crippen molar-refractivity contribution in [2.24, 2.45) is 0 Å². The summed E-state index contributed by atoms with van der Waals surface area (Å²) in [6, 6.07) is 0.109. The lowest BCUT2D eigenvalue weighted by Gasteiger charge is -2.16. The predicted molar refractivity (Wildman–Crippen MR) is 61.6 cm³/mol. The molecule has 16 heavy (non-hydrogen) atoms. The molecule has 0 bridgehead atoms. The van der Waals surface area contributed by atoms with Crippen LogP contribution in [0.2, 0.25) is 0 Å². The van der Waals surface area contributed by atoms with Crippen LogP contribution in [0.3, 0.4) is 0 Å². The van der Waals surface area contributed by atoms with Gasteiger partial charge in [0.05, 0.1) is 12.1 Å². The van der Waals surface area contributed by atoms with Crippen LogP contribution in [0.4, 0.5) is 4.79 Å². The minimum atomic E-state index is -2.15. The maximum Gasteiger partial charge on any atom is 0.315 e. The van der Waals surface area contributed by atoms with Gasteiger partial charge in [0, 0.05) is 20.1 Å². The average Bonchev–Trinajstić information content (AvgIpc) is 2.78. The van der Waals surface area contributed by atoms with Crippen molar-refractivity contribution >= 4 is 23.8 Å². The molecular weight excluding hydrogens is 228 g/mol. The number of nitrogens with one attached hydrogen (secondary N) is 2. The van der Waals surface area contributed by atoms with Gasteiger partial charge in [0.2, 0.25) is 0 Å². The monoisotopic (exact) mass is 246 g/mol. The normalized spacial score (nSPS) is 34.8. The minimum absolute atomic E-state index is 0.0121. The number of thioether (sulfide) groups is 1. The molecule has 0 aliphatic carbocycles. The van der Waals surface area contributed by atoms with Crippen LogP contribution in [0, 0.1) is 0 Å². The van der Waals surface area contributed by atoms with E-state index in [0.717, 1.165) is 12.2 Å². The second-order valence-electron chi connectivity index (χ2n) is 4.00. The molecule has 2 aliphatic heterocycles. The highest BCUT2D eigenvalue weighted by atomic mass is 32.2. The third kappa shape index (κ3) is 2.61. The van der Waals surface area contributed by atoms with Crippen molar-refractivity contribution in [2.45, 2.75) is 43.0 Å².